The van der Waals surface area contributed by atoms with Crippen molar-refractivity contribution in [3.8, 4) is 0 Å². The Hall–Kier alpha value is -1.38. The Morgan fingerprint density at radius 3 is 2.38 bits per heavy atom. The maximum absolute atomic E-state index is 12.0. The standard InChI is InChI=1S/C13H16O3/c1-7(2)5-10(14)11-8-3-4-9(6-8)12(11)13(15)16/h3-4,8-9,11-12H,1,5-6H2,2H3,(H,15,16)/t8-,9+,11+,12+/m1/s1. The number of allylic oxidation sites excluding steroid dienone is 3. The summed E-state index contributed by atoms with van der Waals surface area (Å²) in [6.07, 6.45) is 5.09. The number of aliphatic carboxylic acids is 1. The minimum absolute atomic E-state index is 0.0387. The average molecular weight is 220 g/mol. The number of Topliss-reactive ketones (excluding diaryl/α,β-unsaturated/α-hetero) is 1. The van der Waals surface area contributed by atoms with Crippen molar-refractivity contribution in [3.63, 3.8) is 0 Å². The summed E-state index contributed by atoms with van der Waals surface area (Å²) in [7, 11) is 0. The lowest BCUT2D eigenvalue weighted by molar-refractivity contribution is -0.147. The highest BCUT2D eigenvalue weighted by atomic mass is 16.4. The second-order valence-electron chi connectivity index (χ2n) is 4.94. The smallest absolute Gasteiger partial charge is 0.307 e. The fourth-order valence-corrected chi connectivity index (χ4v) is 3.01. The molecule has 86 valence electrons. The van der Waals surface area contributed by atoms with E-state index in [-0.39, 0.29) is 23.5 Å². The van der Waals surface area contributed by atoms with Crippen molar-refractivity contribution in [1.29, 1.82) is 0 Å². The second-order valence-corrected chi connectivity index (χ2v) is 4.94. The van der Waals surface area contributed by atoms with E-state index in [4.69, 9.17) is 0 Å². The predicted molar refractivity (Wildman–Crippen MR) is 59.8 cm³/mol. The van der Waals surface area contributed by atoms with Crippen LogP contribution in [-0.2, 0) is 9.59 Å². The Labute approximate surface area is 94.8 Å². The summed E-state index contributed by atoms with van der Waals surface area (Å²) < 4.78 is 0. The van der Waals surface area contributed by atoms with Crippen molar-refractivity contribution < 1.29 is 14.7 Å². The summed E-state index contributed by atoms with van der Waals surface area (Å²) >= 11 is 0. The Kier molecular flexibility index (Phi) is 2.70. The first kappa shape index (κ1) is 11.1. The number of carbonyl (C=O) groups is 2. The molecule has 0 unspecified atom stereocenters. The van der Waals surface area contributed by atoms with Crippen molar-refractivity contribution in [3.05, 3.63) is 24.3 Å². The monoisotopic (exact) mass is 220 g/mol. The van der Waals surface area contributed by atoms with Crippen LogP contribution in [0.25, 0.3) is 0 Å². The topological polar surface area (TPSA) is 54.4 Å². The largest absolute Gasteiger partial charge is 0.481 e. The third-order valence-corrected chi connectivity index (χ3v) is 3.59. The fraction of sp³-hybridized carbons (Fsp3) is 0.538. The summed E-state index contributed by atoms with van der Waals surface area (Å²) in [5.74, 6) is -1.45. The van der Waals surface area contributed by atoms with E-state index in [0.717, 1.165) is 12.0 Å². The summed E-state index contributed by atoms with van der Waals surface area (Å²) in [4.78, 5) is 23.2. The van der Waals surface area contributed by atoms with Gasteiger partial charge in [0.15, 0.2) is 0 Å². The number of carboxylic acids is 1. The Balaban J connectivity index is 2.19. The highest BCUT2D eigenvalue weighted by Crippen LogP contribution is 2.48. The first-order chi connectivity index (χ1) is 7.50. The van der Waals surface area contributed by atoms with Gasteiger partial charge in [-0.05, 0) is 25.2 Å². The molecule has 1 fully saturated rings. The second kappa shape index (κ2) is 3.89. The van der Waals surface area contributed by atoms with Crippen molar-refractivity contribution >= 4 is 11.8 Å². The van der Waals surface area contributed by atoms with Crippen LogP contribution in [0.4, 0.5) is 0 Å². The van der Waals surface area contributed by atoms with Gasteiger partial charge in [-0.1, -0.05) is 24.3 Å². The zero-order chi connectivity index (χ0) is 11.9. The minimum atomic E-state index is -0.836. The van der Waals surface area contributed by atoms with E-state index < -0.39 is 11.9 Å². The Morgan fingerprint density at radius 1 is 1.31 bits per heavy atom. The first-order valence-electron chi connectivity index (χ1n) is 5.59. The molecule has 2 aliphatic rings. The normalized spacial score (nSPS) is 35.3. The molecular formula is C13H16O3. The molecule has 3 heteroatoms. The quantitative estimate of drug-likeness (QED) is 0.738. The maximum Gasteiger partial charge on any atom is 0.307 e. The van der Waals surface area contributed by atoms with Crippen LogP contribution in [0.5, 0.6) is 0 Å². The van der Waals surface area contributed by atoms with Gasteiger partial charge in [0, 0.05) is 12.3 Å². The molecule has 16 heavy (non-hydrogen) atoms. The molecule has 1 N–H and O–H groups in total. The number of rotatable bonds is 4. The van der Waals surface area contributed by atoms with E-state index in [1.54, 1.807) is 6.92 Å². The lowest BCUT2D eigenvalue weighted by atomic mass is 9.79. The molecule has 0 heterocycles. The van der Waals surface area contributed by atoms with Crippen LogP contribution < -0.4 is 0 Å². The van der Waals surface area contributed by atoms with Crippen molar-refractivity contribution in [2.75, 3.05) is 0 Å². The van der Waals surface area contributed by atoms with Crippen LogP contribution in [0.1, 0.15) is 19.8 Å². The molecule has 0 spiro atoms. The van der Waals surface area contributed by atoms with Crippen molar-refractivity contribution in [2.45, 2.75) is 19.8 Å². The summed E-state index contributed by atoms with van der Waals surface area (Å²) in [6.45, 7) is 5.51. The van der Waals surface area contributed by atoms with E-state index in [0.29, 0.717) is 6.42 Å². The first-order valence-corrected chi connectivity index (χ1v) is 5.59. The summed E-state index contributed by atoms with van der Waals surface area (Å²) in [5, 5.41) is 9.18. The maximum atomic E-state index is 12.0. The van der Waals surface area contributed by atoms with Crippen LogP contribution in [0.2, 0.25) is 0 Å². The Bertz CT molecular complexity index is 381. The zero-order valence-electron chi connectivity index (χ0n) is 9.35. The molecule has 2 bridgehead atoms. The number of hydrogen-bond donors (Lipinski definition) is 1. The molecule has 3 nitrogen and oxygen atoms in total. The third-order valence-electron chi connectivity index (χ3n) is 3.59. The summed E-state index contributed by atoms with van der Waals surface area (Å²) in [6, 6.07) is 0. The summed E-state index contributed by atoms with van der Waals surface area (Å²) in [5.41, 5.74) is 0.806. The molecular weight excluding hydrogens is 204 g/mol. The lowest BCUT2D eigenvalue weighted by Crippen LogP contribution is -2.33. The van der Waals surface area contributed by atoms with Gasteiger partial charge >= 0.3 is 5.97 Å². The van der Waals surface area contributed by atoms with E-state index in [1.165, 1.54) is 0 Å². The molecule has 0 aromatic heterocycles. The molecule has 0 radical (unpaired) electrons. The van der Waals surface area contributed by atoms with Gasteiger partial charge in [-0.25, -0.2) is 0 Å². The Morgan fingerprint density at radius 2 is 1.88 bits per heavy atom. The molecule has 0 aliphatic heterocycles. The minimum Gasteiger partial charge on any atom is -0.481 e. The molecule has 1 saturated carbocycles. The SMILES string of the molecule is C=C(C)CC(=O)[C@H]1[C@@H](C(=O)O)[C@H]2C=C[C@@H]1C2. The van der Waals surface area contributed by atoms with Crippen LogP contribution in [0, 0.1) is 23.7 Å². The highest BCUT2D eigenvalue weighted by molar-refractivity contribution is 5.89. The van der Waals surface area contributed by atoms with Gasteiger partial charge in [0.1, 0.15) is 5.78 Å². The van der Waals surface area contributed by atoms with Gasteiger partial charge < -0.3 is 5.11 Å². The molecule has 0 aromatic carbocycles. The van der Waals surface area contributed by atoms with Gasteiger partial charge in [0.05, 0.1) is 5.92 Å². The van der Waals surface area contributed by atoms with E-state index in [2.05, 4.69) is 6.58 Å². The number of hydrogen-bond acceptors (Lipinski definition) is 2. The lowest BCUT2D eigenvalue weighted by Gasteiger charge is -2.23. The van der Waals surface area contributed by atoms with E-state index in [9.17, 15) is 14.7 Å². The van der Waals surface area contributed by atoms with Crippen LogP contribution in [-0.4, -0.2) is 16.9 Å². The zero-order valence-corrected chi connectivity index (χ0v) is 9.35. The van der Waals surface area contributed by atoms with Gasteiger partial charge in [0.25, 0.3) is 0 Å². The highest BCUT2D eigenvalue weighted by Gasteiger charge is 2.50. The van der Waals surface area contributed by atoms with Crippen LogP contribution >= 0.6 is 0 Å². The van der Waals surface area contributed by atoms with Gasteiger partial charge in [0.2, 0.25) is 0 Å². The van der Waals surface area contributed by atoms with Gasteiger partial charge in [-0.2, -0.15) is 0 Å². The molecule has 0 aromatic rings. The number of carbonyl (C=O) groups excluding carboxylic acids is 1. The molecule has 0 saturated heterocycles. The van der Waals surface area contributed by atoms with E-state index >= 15 is 0 Å². The molecule has 0 amide bonds. The predicted octanol–water partition coefficient (Wildman–Crippen LogP) is 2.04. The van der Waals surface area contributed by atoms with E-state index in [1.807, 2.05) is 12.2 Å². The van der Waals surface area contributed by atoms with Crippen LogP contribution in [0.3, 0.4) is 0 Å². The third kappa shape index (κ3) is 1.70. The van der Waals surface area contributed by atoms with Gasteiger partial charge in [-0.3, -0.25) is 9.59 Å². The van der Waals surface area contributed by atoms with Gasteiger partial charge in [-0.15, -0.1) is 0 Å². The van der Waals surface area contributed by atoms with Crippen LogP contribution in [0.15, 0.2) is 24.3 Å². The molecule has 2 rings (SSSR count). The number of fused-ring (bicyclic) bond motifs is 2. The van der Waals surface area contributed by atoms with Crippen molar-refractivity contribution in [2.24, 2.45) is 23.7 Å². The molecule has 2 aliphatic carbocycles. The number of ketones is 1. The number of carboxylic acid groups (broad SMARTS) is 1. The van der Waals surface area contributed by atoms with Crippen molar-refractivity contribution in [1.82, 2.24) is 0 Å². The average Bonchev–Trinajstić information content (AvgIpc) is 2.74. The molecule has 4 atom stereocenters. The fourth-order valence-electron chi connectivity index (χ4n) is 3.01.